The first kappa shape index (κ1) is 14.3. The molecule has 0 aliphatic carbocycles. The molecule has 9 nitrogen and oxygen atoms in total. The molecule has 0 spiro atoms. The Labute approximate surface area is 120 Å². The third-order valence-electron chi connectivity index (χ3n) is 2.76. The van der Waals surface area contributed by atoms with Gasteiger partial charge in [-0.25, -0.2) is 4.98 Å². The molecule has 2 rings (SSSR count). The Morgan fingerprint density at radius 2 is 2.29 bits per heavy atom. The summed E-state index contributed by atoms with van der Waals surface area (Å²) in [6.07, 6.45) is 2.90. The zero-order chi connectivity index (χ0) is 15.4. The molecule has 110 valence electrons. The molecule has 21 heavy (non-hydrogen) atoms. The Hall–Kier alpha value is -3.10. The molecule has 0 aliphatic heterocycles. The number of hydrogen-bond acceptors (Lipinski definition) is 6. The van der Waals surface area contributed by atoms with E-state index in [2.05, 4.69) is 20.6 Å². The number of methoxy groups -OCH3 is 1. The highest BCUT2D eigenvalue weighted by atomic mass is 16.5. The van der Waals surface area contributed by atoms with Crippen LogP contribution < -0.4 is 15.8 Å². The number of nitrogens with zero attached hydrogens (tertiary/aromatic N) is 4. The van der Waals surface area contributed by atoms with E-state index in [1.807, 2.05) is 0 Å². The molecule has 0 radical (unpaired) electrons. The Bertz CT molecular complexity index is 694. The Balaban J connectivity index is 2.34. The van der Waals surface area contributed by atoms with Gasteiger partial charge in [-0.1, -0.05) is 5.16 Å². The van der Waals surface area contributed by atoms with Crippen molar-refractivity contribution >= 4 is 17.6 Å². The first-order chi connectivity index (χ1) is 10.1. The Kier molecular flexibility index (Phi) is 4.02. The topological polar surface area (TPSA) is 128 Å². The molecule has 4 N–H and O–H groups in total. The quantitative estimate of drug-likeness (QED) is 0.319. The maximum atomic E-state index is 12.3. The highest BCUT2D eigenvalue weighted by molar-refractivity contribution is 6.09. The number of amides is 1. The van der Waals surface area contributed by atoms with E-state index in [1.165, 1.54) is 24.2 Å². The maximum absolute atomic E-state index is 12.3. The number of aryl methyl sites for hydroxylation is 1. The number of amidine groups is 1. The largest absolute Gasteiger partial charge is 0.480 e. The smallest absolute Gasteiger partial charge is 0.262 e. The van der Waals surface area contributed by atoms with Crippen LogP contribution in [0.3, 0.4) is 0 Å². The molecule has 0 bridgehead atoms. The predicted octanol–water partition coefficient (Wildman–Crippen LogP) is 0.170. The number of hydrogen-bond donors (Lipinski definition) is 3. The van der Waals surface area contributed by atoms with Crippen molar-refractivity contribution in [1.82, 2.24) is 14.8 Å². The van der Waals surface area contributed by atoms with Gasteiger partial charge in [0, 0.05) is 13.2 Å². The van der Waals surface area contributed by atoms with E-state index >= 15 is 0 Å². The second-order valence-electron chi connectivity index (χ2n) is 4.03. The number of rotatable bonds is 4. The van der Waals surface area contributed by atoms with Gasteiger partial charge in [-0.2, -0.15) is 5.10 Å². The van der Waals surface area contributed by atoms with Gasteiger partial charge in [0.1, 0.15) is 11.4 Å². The summed E-state index contributed by atoms with van der Waals surface area (Å²) in [5.41, 5.74) is 6.10. The molecule has 0 unspecified atom stereocenters. The van der Waals surface area contributed by atoms with Gasteiger partial charge < -0.3 is 21.0 Å². The van der Waals surface area contributed by atoms with Crippen LogP contribution in [0.2, 0.25) is 0 Å². The number of nitrogens with two attached hydrogens (primary N) is 1. The number of nitrogens with one attached hydrogen (secondary N) is 1. The number of carbonyl (C=O) groups is 1. The second-order valence-corrected chi connectivity index (χ2v) is 4.03. The van der Waals surface area contributed by atoms with Crippen molar-refractivity contribution in [3.8, 4) is 5.88 Å². The molecule has 0 saturated heterocycles. The Morgan fingerprint density at radius 1 is 1.52 bits per heavy atom. The van der Waals surface area contributed by atoms with Crippen molar-refractivity contribution in [3.63, 3.8) is 0 Å². The van der Waals surface area contributed by atoms with Gasteiger partial charge >= 0.3 is 0 Å². The van der Waals surface area contributed by atoms with Gasteiger partial charge in [0.25, 0.3) is 5.91 Å². The SMILES string of the molecule is COc1ncccc1C(=O)Nc1c(C(N)=NO)cnn1C. The third-order valence-corrected chi connectivity index (χ3v) is 2.76. The molecular formula is C12H14N6O3. The van der Waals surface area contributed by atoms with E-state index in [-0.39, 0.29) is 17.3 Å². The first-order valence-electron chi connectivity index (χ1n) is 5.88. The van der Waals surface area contributed by atoms with Gasteiger partial charge in [-0.15, -0.1) is 0 Å². The van der Waals surface area contributed by atoms with Crippen molar-refractivity contribution in [2.45, 2.75) is 0 Å². The van der Waals surface area contributed by atoms with Crippen molar-refractivity contribution in [1.29, 1.82) is 0 Å². The van der Waals surface area contributed by atoms with Crippen LogP contribution >= 0.6 is 0 Å². The number of carbonyl (C=O) groups excluding carboxylic acids is 1. The lowest BCUT2D eigenvalue weighted by Gasteiger charge is -2.09. The number of ether oxygens (including phenoxy) is 1. The zero-order valence-corrected chi connectivity index (χ0v) is 11.4. The summed E-state index contributed by atoms with van der Waals surface area (Å²) in [5, 5.41) is 18.2. The van der Waals surface area contributed by atoms with Crippen molar-refractivity contribution in [3.05, 3.63) is 35.7 Å². The van der Waals surface area contributed by atoms with Crippen LogP contribution in [0.15, 0.2) is 29.7 Å². The van der Waals surface area contributed by atoms with Crippen LogP contribution in [0.4, 0.5) is 5.82 Å². The fourth-order valence-electron chi connectivity index (χ4n) is 1.73. The third kappa shape index (κ3) is 2.76. The van der Waals surface area contributed by atoms with E-state index in [0.717, 1.165) is 0 Å². The summed E-state index contributed by atoms with van der Waals surface area (Å²) in [4.78, 5) is 16.2. The fraction of sp³-hybridized carbons (Fsp3) is 0.167. The van der Waals surface area contributed by atoms with Crippen molar-refractivity contribution in [2.24, 2.45) is 17.9 Å². The Morgan fingerprint density at radius 3 is 2.95 bits per heavy atom. The van der Waals surface area contributed by atoms with Crippen molar-refractivity contribution < 1.29 is 14.7 Å². The average molecular weight is 290 g/mol. The van der Waals surface area contributed by atoms with Crippen LogP contribution in [0.5, 0.6) is 5.88 Å². The minimum Gasteiger partial charge on any atom is -0.480 e. The summed E-state index contributed by atoms with van der Waals surface area (Å²) in [6, 6.07) is 3.19. The van der Waals surface area contributed by atoms with E-state index in [0.29, 0.717) is 11.4 Å². The summed E-state index contributed by atoms with van der Waals surface area (Å²) in [7, 11) is 3.04. The molecule has 0 aromatic carbocycles. The number of pyridine rings is 1. The molecule has 0 atom stereocenters. The number of oxime groups is 1. The van der Waals surface area contributed by atoms with E-state index < -0.39 is 5.91 Å². The van der Waals surface area contributed by atoms with Gasteiger partial charge in [-0.3, -0.25) is 9.48 Å². The lowest BCUT2D eigenvalue weighted by atomic mass is 10.2. The zero-order valence-electron chi connectivity index (χ0n) is 11.4. The summed E-state index contributed by atoms with van der Waals surface area (Å²) in [6.45, 7) is 0. The maximum Gasteiger partial charge on any atom is 0.262 e. The summed E-state index contributed by atoms with van der Waals surface area (Å²) < 4.78 is 6.43. The second kappa shape index (κ2) is 5.90. The summed E-state index contributed by atoms with van der Waals surface area (Å²) in [5.74, 6) is -0.115. The van der Waals surface area contributed by atoms with Crippen molar-refractivity contribution in [2.75, 3.05) is 12.4 Å². The molecular weight excluding hydrogens is 276 g/mol. The van der Waals surface area contributed by atoms with Gasteiger partial charge in [-0.05, 0) is 12.1 Å². The van der Waals surface area contributed by atoms with Crippen LogP contribution in [0.1, 0.15) is 15.9 Å². The highest BCUT2D eigenvalue weighted by Gasteiger charge is 2.18. The molecule has 0 aliphatic rings. The molecule has 2 heterocycles. The van der Waals surface area contributed by atoms with Crippen LogP contribution in [-0.2, 0) is 7.05 Å². The standard InChI is InChI=1S/C12H14N6O3/c1-18-10(8(6-15-18)9(13)17-20)16-11(19)7-4-3-5-14-12(7)21-2/h3-6,20H,1-2H3,(H2,13,17)(H,16,19). The van der Waals surface area contributed by atoms with Gasteiger partial charge in [0.2, 0.25) is 5.88 Å². The lowest BCUT2D eigenvalue weighted by Crippen LogP contribution is -2.20. The highest BCUT2D eigenvalue weighted by Crippen LogP contribution is 2.18. The van der Waals surface area contributed by atoms with Crippen LogP contribution in [0, 0.1) is 0 Å². The minimum atomic E-state index is -0.449. The molecule has 0 fully saturated rings. The van der Waals surface area contributed by atoms with Crippen LogP contribution in [-0.4, -0.2) is 38.8 Å². The molecule has 2 aromatic heterocycles. The number of anilines is 1. The molecule has 1 amide bonds. The van der Waals surface area contributed by atoms with Crippen LogP contribution in [0.25, 0.3) is 0 Å². The minimum absolute atomic E-state index is 0.156. The molecule has 0 saturated carbocycles. The van der Waals surface area contributed by atoms with Gasteiger partial charge in [0.05, 0.1) is 18.9 Å². The van der Waals surface area contributed by atoms with E-state index in [9.17, 15) is 4.79 Å². The van der Waals surface area contributed by atoms with Gasteiger partial charge in [0.15, 0.2) is 5.84 Å². The average Bonchev–Trinajstić information content (AvgIpc) is 2.87. The normalized spacial score (nSPS) is 11.2. The number of aromatic nitrogens is 3. The summed E-state index contributed by atoms with van der Waals surface area (Å²) >= 11 is 0. The monoisotopic (exact) mass is 290 g/mol. The van der Waals surface area contributed by atoms with E-state index in [4.69, 9.17) is 15.7 Å². The fourth-order valence-corrected chi connectivity index (χ4v) is 1.73. The lowest BCUT2D eigenvalue weighted by molar-refractivity contribution is 0.102. The predicted molar refractivity (Wildman–Crippen MR) is 74.5 cm³/mol. The van der Waals surface area contributed by atoms with E-state index in [1.54, 1.807) is 19.2 Å². The molecule has 2 aromatic rings. The first-order valence-corrected chi connectivity index (χ1v) is 5.88. The molecule has 9 heteroatoms.